The first-order chi connectivity index (χ1) is 35.7. The number of piperidine rings is 3. The number of likely N-dealkylation sites (tertiary alicyclic amines) is 2. The zero-order valence-electron chi connectivity index (χ0n) is 43.8. The summed E-state index contributed by atoms with van der Waals surface area (Å²) in [6.07, 6.45) is 15.3. The van der Waals surface area contributed by atoms with Crippen molar-refractivity contribution in [1.82, 2.24) is 39.6 Å². The number of hydrogen-bond acceptors (Lipinski definition) is 12. The van der Waals surface area contributed by atoms with E-state index in [0.717, 1.165) is 124 Å². The molecule has 394 valence electrons. The second-order valence-electron chi connectivity index (χ2n) is 19.9. The van der Waals surface area contributed by atoms with Gasteiger partial charge in [0.05, 0.1) is 5.56 Å². The van der Waals surface area contributed by atoms with E-state index in [-0.39, 0.29) is 11.8 Å². The lowest BCUT2D eigenvalue weighted by Crippen LogP contribution is -2.52. The molecule has 7 heterocycles. The molecule has 3 amide bonds. The standard InChI is InChI=1S/C25H35N5O3.C19H17N3O2.C12H24N2.CH5N/c1-3-4-5-23(24(32)26-2)30-17-19-16-21(6-7-22(19)25(30)33)28-10-8-20(9-11-28)29-14-12-27(18-31)13-15-29;23-13-17-18(21-22-12-4-11-20-19(17)22)14-7-9-16(10-8-14)24-15-5-2-1-3-6-15;1-13-9-5-12(6-10-13)11-14-7-3-2-4-8-14;1-2/h3,6-7,16,18,20,23H,1,4-5,8-15,17H2,2H3,(H,26,32);1-3,5-10,13,20H,4,11-12H2;12H,2-11H2,1H3;2H2,1H3. The van der Waals surface area contributed by atoms with Crippen LogP contribution >= 0.6 is 0 Å². The number of carbonyl (C=O) groups excluding carboxylic acids is 4. The van der Waals surface area contributed by atoms with E-state index in [1.807, 2.05) is 76.3 Å². The third kappa shape index (κ3) is 14.6. The minimum Gasteiger partial charge on any atom is -0.457 e. The topological polar surface area (TPSA) is 165 Å². The SMILES string of the molecule is C=CCCC(C(=O)NC)N1Cc2cc(N3CCC(N4CCN(C=O)CC4)CC3)ccc2C1=O.CN.CN1CCC(CN2CCCCC2)CC1.O=Cc1c(-c2ccc(Oc3ccccc3)cc2)nn2c1NCCC2. The number of ether oxygens (including phenoxy) is 1. The quantitative estimate of drug-likeness (QED) is 0.0894. The maximum Gasteiger partial charge on any atom is 0.255 e. The summed E-state index contributed by atoms with van der Waals surface area (Å²) >= 11 is 0. The highest BCUT2D eigenvalue weighted by molar-refractivity contribution is 6.01. The third-order valence-electron chi connectivity index (χ3n) is 15.2. The van der Waals surface area contributed by atoms with Crippen molar-refractivity contribution >= 4 is 36.0 Å². The van der Waals surface area contributed by atoms with Crippen LogP contribution in [0.2, 0.25) is 0 Å². The van der Waals surface area contributed by atoms with Crippen LogP contribution in [0.1, 0.15) is 90.5 Å². The minimum atomic E-state index is -0.480. The van der Waals surface area contributed by atoms with E-state index in [0.29, 0.717) is 42.2 Å². The number of amides is 3. The lowest BCUT2D eigenvalue weighted by molar-refractivity contribution is -0.125. The number of anilines is 2. The van der Waals surface area contributed by atoms with Crippen molar-refractivity contribution in [2.75, 3.05) is 110 Å². The van der Waals surface area contributed by atoms with Gasteiger partial charge in [-0.2, -0.15) is 5.10 Å². The van der Waals surface area contributed by atoms with E-state index in [2.05, 4.69) is 60.8 Å². The number of aldehydes is 1. The fourth-order valence-corrected chi connectivity index (χ4v) is 11.0. The normalized spacial score (nSPS) is 19.0. The number of carbonyl (C=O) groups is 4. The number of nitrogens with one attached hydrogen (secondary N) is 2. The summed E-state index contributed by atoms with van der Waals surface area (Å²) in [5.41, 5.74) is 9.58. The number of hydrogen-bond donors (Lipinski definition) is 3. The van der Waals surface area contributed by atoms with E-state index in [4.69, 9.17) is 4.74 Å². The van der Waals surface area contributed by atoms with Gasteiger partial charge in [0.1, 0.15) is 29.1 Å². The van der Waals surface area contributed by atoms with Gasteiger partial charge in [0.2, 0.25) is 12.3 Å². The van der Waals surface area contributed by atoms with Gasteiger partial charge in [0.15, 0.2) is 6.29 Å². The van der Waals surface area contributed by atoms with Gasteiger partial charge in [-0.15, -0.1) is 6.58 Å². The van der Waals surface area contributed by atoms with Crippen molar-refractivity contribution in [3.63, 3.8) is 0 Å². The average Bonchev–Trinajstić information content (AvgIpc) is 3.99. The molecule has 16 nitrogen and oxygen atoms in total. The predicted octanol–water partition coefficient (Wildman–Crippen LogP) is 6.83. The highest BCUT2D eigenvalue weighted by Gasteiger charge is 2.36. The fourth-order valence-electron chi connectivity index (χ4n) is 11.0. The van der Waals surface area contributed by atoms with Crippen molar-refractivity contribution in [2.45, 2.75) is 89.4 Å². The molecule has 0 aliphatic carbocycles. The molecule has 0 radical (unpaired) electrons. The van der Waals surface area contributed by atoms with Crippen LogP contribution in [-0.4, -0.2) is 171 Å². The summed E-state index contributed by atoms with van der Waals surface area (Å²) in [4.78, 5) is 61.6. The van der Waals surface area contributed by atoms with Crippen LogP contribution in [0.5, 0.6) is 11.5 Å². The number of benzene rings is 3. The number of fused-ring (bicyclic) bond motifs is 2. The number of likely N-dealkylation sites (N-methyl/N-ethyl adjacent to an activating group) is 1. The molecule has 73 heavy (non-hydrogen) atoms. The molecule has 0 bridgehead atoms. The first-order valence-corrected chi connectivity index (χ1v) is 26.8. The van der Waals surface area contributed by atoms with Gasteiger partial charge in [-0.25, -0.2) is 4.68 Å². The zero-order valence-corrected chi connectivity index (χ0v) is 43.8. The second-order valence-corrected chi connectivity index (χ2v) is 19.9. The molecule has 6 aliphatic rings. The van der Waals surface area contributed by atoms with Crippen molar-refractivity contribution in [3.05, 3.63) is 102 Å². The molecule has 0 saturated carbocycles. The van der Waals surface area contributed by atoms with Gasteiger partial charge in [-0.1, -0.05) is 30.7 Å². The van der Waals surface area contributed by atoms with Gasteiger partial charge in [0.25, 0.3) is 5.91 Å². The summed E-state index contributed by atoms with van der Waals surface area (Å²) in [6.45, 7) is 18.2. The number of nitrogens with zero attached hydrogens (tertiary/aromatic N) is 8. The first-order valence-electron chi connectivity index (χ1n) is 26.8. The van der Waals surface area contributed by atoms with E-state index in [1.165, 1.54) is 71.9 Å². The molecular formula is C57H81N11O5. The maximum atomic E-state index is 13.0. The van der Waals surface area contributed by atoms with Crippen LogP contribution in [0.25, 0.3) is 11.3 Å². The molecule has 10 rings (SSSR count). The Labute approximate surface area is 433 Å². The van der Waals surface area contributed by atoms with Crippen molar-refractivity contribution in [3.8, 4) is 22.8 Å². The van der Waals surface area contributed by atoms with Gasteiger partial charge in [-0.05, 0) is 164 Å². The molecule has 3 aromatic carbocycles. The largest absolute Gasteiger partial charge is 0.457 e. The smallest absolute Gasteiger partial charge is 0.255 e. The average molecular weight is 1000 g/mol. The Morgan fingerprint density at radius 2 is 1.55 bits per heavy atom. The zero-order chi connectivity index (χ0) is 51.5. The molecule has 16 heteroatoms. The Hall–Kier alpha value is -6.07. The summed E-state index contributed by atoms with van der Waals surface area (Å²) in [5, 5.41) is 10.5. The molecule has 4 saturated heterocycles. The van der Waals surface area contributed by atoms with E-state index < -0.39 is 6.04 Å². The molecule has 1 unspecified atom stereocenters. The number of nitrogens with two attached hydrogens (primary N) is 1. The van der Waals surface area contributed by atoms with Crippen LogP contribution in [0, 0.1) is 5.92 Å². The molecular weight excluding hydrogens is 919 g/mol. The van der Waals surface area contributed by atoms with E-state index in [1.54, 1.807) is 18.0 Å². The van der Waals surface area contributed by atoms with Gasteiger partial charge in [0, 0.05) is 95.4 Å². The van der Waals surface area contributed by atoms with Gasteiger partial charge in [-0.3, -0.25) is 24.1 Å². The van der Waals surface area contributed by atoms with Gasteiger partial charge >= 0.3 is 0 Å². The van der Waals surface area contributed by atoms with Crippen LogP contribution in [0.4, 0.5) is 11.5 Å². The van der Waals surface area contributed by atoms with E-state index >= 15 is 0 Å². The predicted molar refractivity (Wildman–Crippen MR) is 291 cm³/mol. The Morgan fingerprint density at radius 3 is 2.21 bits per heavy atom. The Balaban J connectivity index is 0.000000170. The molecule has 1 atom stereocenters. The number of allylic oxidation sites excluding steroid dienone is 1. The number of aryl methyl sites for hydroxylation is 1. The van der Waals surface area contributed by atoms with Crippen LogP contribution < -0.4 is 26.0 Å². The lowest BCUT2D eigenvalue weighted by atomic mass is 9.96. The highest BCUT2D eigenvalue weighted by atomic mass is 16.5. The van der Waals surface area contributed by atoms with Crippen molar-refractivity contribution < 1.29 is 23.9 Å². The summed E-state index contributed by atoms with van der Waals surface area (Å²) in [7, 11) is 5.36. The molecule has 1 aromatic heterocycles. The monoisotopic (exact) mass is 1000 g/mol. The van der Waals surface area contributed by atoms with Crippen LogP contribution in [0.3, 0.4) is 0 Å². The van der Waals surface area contributed by atoms with Crippen molar-refractivity contribution in [1.29, 1.82) is 0 Å². The Kier molecular flexibility index (Phi) is 20.9. The second kappa shape index (κ2) is 27.8. The minimum absolute atomic E-state index is 0.0672. The Morgan fingerprint density at radius 1 is 0.849 bits per heavy atom. The lowest BCUT2D eigenvalue weighted by Gasteiger charge is -2.42. The highest BCUT2D eigenvalue weighted by Crippen LogP contribution is 2.33. The third-order valence-corrected chi connectivity index (χ3v) is 15.2. The molecule has 6 aliphatic heterocycles. The van der Waals surface area contributed by atoms with Crippen LogP contribution in [0.15, 0.2) is 85.5 Å². The summed E-state index contributed by atoms with van der Waals surface area (Å²) in [6, 6.07) is 23.5. The number of piperazine rings is 1. The first kappa shape index (κ1) is 54.7. The summed E-state index contributed by atoms with van der Waals surface area (Å²) in [5.74, 6) is 3.15. The molecule has 4 N–H and O–H groups in total. The Bertz CT molecular complexity index is 2370. The van der Waals surface area contributed by atoms with Gasteiger partial charge < -0.3 is 45.6 Å². The van der Waals surface area contributed by atoms with Crippen LogP contribution in [-0.2, 0) is 22.7 Å². The summed E-state index contributed by atoms with van der Waals surface area (Å²) < 4.78 is 7.67. The molecule has 4 fully saturated rings. The van der Waals surface area contributed by atoms with Crippen molar-refractivity contribution in [2.24, 2.45) is 11.7 Å². The number of aromatic nitrogens is 2. The number of rotatable bonds is 14. The maximum absolute atomic E-state index is 13.0. The fraction of sp³-hybridized carbons (Fsp3) is 0.526. The van der Waals surface area contributed by atoms with E-state index in [9.17, 15) is 19.2 Å². The molecule has 4 aromatic rings. The number of para-hydroxylation sites is 1. The molecule has 0 spiro atoms.